The molecule has 2 N–H and O–H groups in total. The number of rotatable bonds is 7. The molecule has 3 heteroatoms. The van der Waals surface area contributed by atoms with Gasteiger partial charge in [0.2, 0.25) is 0 Å². The van der Waals surface area contributed by atoms with Crippen LogP contribution >= 0.6 is 0 Å². The largest absolute Gasteiger partial charge is 0.394 e. The fourth-order valence-electron chi connectivity index (χ4n) is 1.90. The topological polar surface area (TPSA) is 41.5 Å². The molecule has 0 aromatic heterocycles. The maximum absolute atomic E-state index is 9.46. The van der Waals surface area contributed by atoms with Gasteiger partial charge in [0.1, 0.15) is 0 Å². The number of aliphatic hydroxyl groups excluding tert-OH is 1. The Morgan fingerprint density at radius 2 is 1.93 bits per heavy atom. The van der Waals surface area contributed by atoms with E-state index in [0.29, 0.717) is 0 Å². The molecule has 1 unspecified atom stereocenters. The van der Waals surface area contributed by atoms with Crippen LogP contribution in [0.2, 0.25) is 0 Å². The van der Waals surface area contributed by atoms with Crippen LogP contribution in [0.1, 0.15) is 40.0 Å². The van der Waals surface area contributed by atoms with Crippen LogP contribution < -0.4 is 5.32 Å². The van der Waals surface area contributed by atoms with Gasteiger partial charge >= 0.3 is 0 Å². The van der Waals surface area contributed by atoms with Gasteiger partial charge < -0.3 is 15.2 Å². The van der Waals surface area contributed by atoms with E-state index in [0.717, 1.165) is 18.9 Å². The molecule has 90 valence electrons. The number of methoxy groups -OCH3 is 1. The molecule has 0 amide bonds. The monoisotopic (exact) mass is 215 g/mol. The van der Waals surface area contributed by atoms with Crippen LogP contribution in [0, 0.1) is 5.92 Å². The summed E-state index contributed by atoms with van der Waals surface area (Å²) in [6.45, 7) is 7.36. The molecule has 0 saturated heterocycles. The lowest BCUT2D eigenvalue weighted by atomic mass is 9.88. The average Bonchev–Trinajstić information content (AvgIpc) is 2.98. The molecule has 1 saturated carbocycles. The van der Waals surface area contributed by atoms with Gasteiger partial charge in [-0.3, -0.25) is 0 Å². The third kappa shape index (κ3) is 4.49. The Kier molecular flexibility index (Phi) is 4.15. The van der Waals surface area contributed by atoms with Crippen molar-refractivity contribution in [3.63, 3.8) is 0 Å². The summed E-state index contributed by atoms with van der Waals surface area (Å²) >= 11 is 0. The van der Waals surface area contributed by atoms with E-state index in [-0.39, 0.29) is 17.7 Å². The van der Waals surface area contributed by atoms with Gasteiger partial charge in [-0.05, 0) is 52.5 Å². The number of ether oxygens (including phenoxy) is 1. The Bertz CT molecular complexity index is 202. The second-order valence-corrected chi connectivity index (χ2v) is 5.68. The molecule has 1 fully saturated rings. The highest BCUT2D eigenvalue weighted by Crippen LogP contribution is 2.29. The Morgan fingerprint density at radius 3 is 2.33 bits per heavy atom. The van der Waals surface area contributed by atoms with Crippen LogP contribution in [0.3, 0.4) is 0 Å². The first kappa shape index (κ1) is 12.9. The quantitative estimate of drug-likeness (QED) is 0.677. The first-order valence-electron chi connectivity index (χ1n) is 5.82. The van der Waals surface area contributed by atoms with Crippen LogP contribution in [-0.2, 0) is 4.74 Å². The molecule has 0 aromatic rings. The van der Waals surface area contributed by atoms with Crippen LogP contribution in [-0.4, -0.2) is 36.5 Å². The highest BCUT2D eigenvalue weighted by Gasteiger charge is 2.33. The lowest BCUT2D eigenvalue weighted by molar-refractivity contribution is -0.0163. The molecule has 0 radical (unpaired) electrons. The van der Waals surface area contributed by atoms with Gasteiger partial charge in [-0.1, -0.05) is 0 Å². The van der Waals surface area contributed by atoms with Gasteiger partial charge in [-0.25, -0.2) is 0 Å². The number of aliphatic hydroxyl groups is 1. The molecule has 0 spiro atoms. The van der Waals surface area contributed by atoms with E-state index in [1.807, 2.05) is 0 Å². The standard InChI is InChI=1S/C12H25NO2/c1-11(2,15-4)8-12(3,9-14)13-7-10-5-6-10/h10,13-14H,5-9H2,1-4H3. The summed E-state index contributed by atoms with van der Waals surface area (Å²) < 4.78 is 5.41. The van der Waals surface area contributed by atoms with Crippen molar-refractivity contribution in [3.8, 4) is 0 Å². The van der Waals surface area contributed by atoms with E-state index >= 15 is 0 Å². The maximum atomic E-state index is 9.46. The summed E-state index contributed by atoms with van der Waals surface area (Å²) in [5.41, 5.74) is -0.407. The van der Waals surface area contributed by atoms with Crippen molar-refractivity contribution in [1.82, 2.24) is 5.32 Å². The van der Waals surface area contributed by atoms with Crippen LogP contribution in [0.4, 0.5) is 0 Å². The Hall–Kier alpha value is -0.120. The second kappa shape index (κ2) is 4.81. The molecule has 3 nitrogen and oxygen atoms in total. The van der Waals surface area contributed by atoms with Gasteiger partial charge in [0.15, 0.2) is 0 Å². The zero-order valence-electron chi connectivity index (χ0n) is 10.5. The predicted octanol–water partition coefficient (Wildman–Crippen LogP) is 1.55. The fourth-order valence-corrected chi connectivity index (χ4v) is 1.90. The van der Waals surface area contributed by atoms with E-state index in [4.69, 9.17) is 4.74 Å². The van der Waals surface area contributed by atoms with Gasteiger partial charge in [0.05, 0.1) is 12.2 Å². The number of nitrogens with one attached hydrogen (secondary N) is 1. The maximum Gasteiger partial charge on any atom is 0.0641 e. The van der Waals surface area contributed by atoms with E-state index < -0.39 is 0 Å². The lowest BCUT2D eigenvalue weighted by Crippen LogP contribution is -2.51. The summed E-state index contributed by atoms with van der Waals surface area (Å²) in [5, 5.41) is 12.9. The Labute approximate surface area is 93.2 Å². The van der Waals surface area contributed by atoms with Gasteiger partial charge in [0.25, 0.3) is 0 Å². The third-order valence-electron chi connectivity index (χ3n) is 3.23. The van der Waals surface area contributed by atoms with Crippen LogP contribution in [0.15, 0.2) is 0 Å². The van der Waals surface area contributed by atoms with Crippen LogP contribution in [0.25, 0.3) is 0 Å². The van der Waals surface area contributed by atoms with Crippen molar-refractivity contribution in [2.24, 2.45) is 5.92 Å². The zero-order valence-corrected chi connectivity index (χ0v) is 10.5. The van der Waals surface area contributed by atoms with Crippen LogP contribution in [0.5, 0.6) is 0 Å². The summed E-state index contributed by atoms with van der Waals surface area (Å²) in [4.78, 5) is 0. The van der Waals surface area contributed by atoms with E-state index in [2.05, 4.69) is 26.1 Å². The molecule has 1 aliphatic carbocycles. The third-order valence-corrected chi connectivity index (χ3v) is 3.23. The Balaban J connectivity index is 2.42. The molecule has 0 aromatic carbocycles. The minimum atomic E-state index is -0.220. The highest BCUT2D eigenvalue weighted by atomic mass is 16.5. The predicted molar refractivity (Wildman–Crippen MR) is 61.9 cm³/mol. The first-order chi connectivity index (χ1) is 6.91. The molecule has 0 heterocycles. The summed E-state index contributed by atoms with van der Waals surface area (Å²) in [5.74, 6) is 0.835. The summed E-state index contributed by atoms with van der Waals surface area (Å²) in [7, 11) is 1.72. The fraction of sp³-hybridized carbons (Fsp3) is 1.00. The second-order valence-electron chi connectivity index (χ2n) is 5.68. The van der Waals surface area contributed by atoms with E-state index in [1.54, 1.807) is 7.11 Å². The van der Waals surface area contributed by atoms with Crippen molar-refractivity contribution in [3.05, 3.63) is 0 Å². The van der Waals surface area contributed by atoms with E-state index in [1.165, 1.54) is 12.8 Å². The zero-order chi connectivity index (χ0) is 11.5. The molecule has 1 rings (SSSR count). The SMILES string of the molecule is COC(C)(C)CC(C)(CO)NCC1CC1. The van der Waals surface area contributed by atoms with Crippen molar-refractivity contribution in [1.29, 1.82) is 0 Å². The summed E-state index contributed by atoms with van der Waals surface area (Å²) in [6.07, 6.45) is 3.49. The highest BCUT2D eigenvalue weighted by molar-refractivity contribution is 4.91. The molecule has 15 heavy (non-hydrogen) atoms. The van der Waals surface area contributed by atoms with Crippen molar-refractivity contribution in [2.75, 3.05) is 20.3 Å². The number of hydrogen-bond donors (Lipinski definition) is 2. The molecular formula is C12H25NO2. The van der Waals surface area contributed by atoms with Gasteiger partial charge in [0, 0.05) is 12.6 Å². The molecule has 1 atom stereocenters. The first-order valence-corrected chi connectivity index (χ1v) is 5.82. The number of hydrogen-bond acceptors (Lipinski definition) is 3. The van der Waals surface area contributed by atoms with Crippen molar-refractivity contribution >= 4 is 0 Å². The Morgan fingerprint density at radius 1 is 1.33 bits per heavy atom. The van der Waals surface area contributed by atoms with Crippen molar-refractivity contribution in [2.45, 2.75) is 51.2 Å². The molecule has 1 aliphatic rings. The van der Waals surface area contributed by atoms with Crippen molar-refractivity contribution < 1.29 is 9.84 Å². The van der Waals surface area contributed by atoms with Gasteiger partial charge in [-0.15, -0.1) is 0 Å². The lowest BCUT2D eigenvalue weighted by Gasteiger charge is -2.36. The average molecular weight is 215 g/mol. The normalized spacial score (nSPS) is 21.4. The van der Waals surface area contributed by atoms with Gasteiger partial charge in [-0.2, -0.15) is 0 Å². The molecular weight excluding hydrogens is 190 g/mol. The molecule has 0 bridgehead atoms. The summed E-state index contributed by atoms with van der Waals surface area (Å²) in [6, 6.07) is 0. The minimum absolute atomic E-state index is 0.159. The van der Waals surface area contributed by atoms with E-state index in [9.17, 15) is 5.11 Å². The minimum Gasteiger partial charge on any atom is -0.394 e. The smallest absolute Gasteiger partial charge is 0.0641 e. The molecule has 0 aliphatic heterocycles.